The van der Waals surface area contributed by atoms with Crippen LogP contribution >= 0.6 is 34.5 Å². The maximum Gasteiger partial charge on any atom is 0.374 e. The van der Waals surface area contributed by atoms with Gasteiger partial charge in [-0.2, -0.15) is 0 Å². The van der Waals surface area contributed by atoms with Crippen LogP contribution < -0.4 is 0 Å². The van der Waals surface area contributed by atoms with E-state index in [1.165, 1.54) is 41.2 Å². The van der Waals surface area contributed by atoms with Crippen molar-refractivity contribution in [3.8, 4) is 16.4 Å². The summed E-state index contributed by atoms with van der Waals surface area (Å²) >= 11 is 13.3. The topological polar surface area (TPSA) is 100 Å². The molecule has 0 fully saturated rings. The lowest BCUT2D eigenvalue weighted by atomic mass is 10.2. The van der Waals surface area contributed by atoms with Crippen molar-refractivity contribution in [2.24, 2.45) is 0 Å². The number of esters is 1. The van der Waals surface area contributed by atoms with Gasteiger partial charge in [0.2, 0.25) is 5.82 Å². The lowest BCUT2D eigenvalue weighted by Gasteiger charge is -2.04. The maximum absolute atomic E-state index is 12.3. The fraction of sp³-hybridized carbons (Fsp3) is 0.0556. The highest BCUT2D eigenvalue weighted by molar-refractivity contribution is 7.12. The molecule has 0 aliphatic carbocycles. The smallest absolute Gasteiger partial charge is 0.374 e. The quantitative estimate of drug-likeness (QED) is 0.243. The molecule has 0 unspecified atom stereocenters. The fourth-order valence-electron chi connectivity index (χ4n) is 2.76. The molecule has 29 heavy (non-hydrogen) atoms. The Morgan fingerprint density at radius 2 is 1.97 bits per heavy atom. The van der Waals surface area contributed by atoms with Crippen molar-refractivity contribution in [1.29, 1.82) is 0 Å². The van der Waals surface area contributed by atoms with Crippen LogP contribution in [-0.4, -0.2) is 32.5 Å². The molecule has 2 aromatic carbocycles. The first-order chi connectivity index (χ1) is 13.9. The number of aromatic nitrogens is 3. The standard InChI is InChI=1S/C18H10Cl2N4O4S/c1-28-17(25)16-21-13-7-10(24(26)27)3-5-15(13)23(16)18-22-14(8-29-18)9-2-4-11(19)12(20)6-9/h2-8H,1H3. The summed E-state index contributed by atoms with van der Waals surface area (Å²) in [5, 5.41) is 14.1. The van der Waals surface area contributed by atoms with Crippen LogP contribution in [0.25, 0.3) is 27.4 Å². The Morgan fingerprint density at radius 1 is 1.17 bits per heavy atom. The number of methoxy groups -OCH3 is 1. The molecular formula is C18H10Cl2N4O4S. The normalized spacial score (nSPS) is 11.0. The van der Waals surface area contributed by atoms with E-state index < -0.39 is 10.9 Å². The number of hydrogen-bond acceptors (Lipinski definition) is 7. The van der Waals surface area contributed by atoms with E-state index in [0.717, 1.165) is 5.56 Å². The van der Waals surface area contributed by atoms with E-state index in [9.17, 15) is 14.9 Å². The number of benzene rings is 2. The molecule has 0 aliphatic heterocycles. The minimum atomic E-state index is -0.685. The highest BCUT2D eigenvalue weighted by Crippen LogP contribution is 2.32. The fourth-order valence-corrected chi connectivity index (χ4v) is 3.90. The minimum Gasteiger partial charge on any atom is -0.463 e. The number of nitro groups is 1. The molecule has 11 heteroatoms. The molecule has 2 heterocycles. The first kappa shape index (κ1) is 19.3. The summed E-state index contributed by atoms with van der Waals surface area (Å²) in [6.45, 7) is 0. The number of ether oxygens (including phenoxy) is 1. The van der Waals surface area contributed by atoms with Crippen LogP contribution in [0.5, 0.6) is 0 Å². The van der Waals surface area contributed by atoms with Gasteiger partial charge in [-0.3, -0.25) is 14.7 Å². The van der Waals surface area contributed by atoms with Crippen molar-refractivity contribution in [3.05, 3.63) is 67.8 Å². The summed E-state index contributed by atoms with van der Waals surface area (Å²) in [4.78, 5) is 31.6. The number of hydrogen-bond donors (Lipinski definition) is 0. The van der Waals surface area contributed by atoms with Gasteiger partial charge in [0.15, 0.2) is 5.13 Å². The molecule has 4 aromatic rings. The molecular weight excluding hydrogens is 439 g/mol. The van der Waals surface area contributed by atoms with Crippen LogP contribution in [0.2, 0.25) is 10.0 Å². The van der Waals surface area contributed by atoms with Gasteiger partial charge < -0.3 is 4.74 Å². The molecule has 0 amide bonds. The van der Waals surface area contributed by atoms with Crippen LogP contribution in [0, 0.1) is 10.1 Å². The van der Waals surface area contributed by atoms with Crippen LogP contribution in [-0.2, 0) is 4.74 Å². The number of imidazole rings is 1. The highest BCUT2D eigenvalue weighted by atomic mass is 35.5. The van der Waals surface area contributed by atoms with E-state index in [-0.39, 0.29) is 17.0 Å². The zero-order valence-electron chi connectivity index (χ0n) is 14.6. The Morgan fingerprint density at radius 3 is 2.66 bits per heavy atom. The lowest BCUT2D eigenvalue weighted by Crippen LogP contribution is -2.10. The molecule has 4 rings (SSSR count). The van der Waals surface area contributed by atoms with Gasteiger partial charge in [-0.05, 0) is 18.2 Å². The predicted molar refractivity (Wildman–Crippen MR) is 110 cm³/mol. The number of fused-ring (bicyclic) bond motifs is 1. The number of nitro benzene ring substituents is 1. The second kappa shape index (κ2) is 7.43. The Kier molecular flexibility index (Phi) is 4.95. The van der Waals surface area contributed by atoms with Crippen LogP contribution in [0.4, 0.5) is 5.69 Å². The summed E-state index contributed by atoms with van der Waals surface area (Å²) in [5.74, 6) is -0.715. The van der Waals surface area contributed by atoms with E-state index in [1.54, 1.807) is 23.6 Å². The zero-order chi connectivity index (χ0) is 20.7. The summed E-state index contributed by atoms with van der Waals surface area (Å²) in [5.41, 5.74) is 2.02. The third-order valence-electron chi connectivity index (χ3n) is 4.12. The summed E-state index contributed by atoms with van der Waals surface area (Å²) in [6, 6.07) is 9.31. The van der Waals surface area contributed by atoms with E-state index in [4.69, 9.17) is 27.9 Å². The first-order valence-corrected chi connectivity index (χ1v) is 9.69. The van der Waals surface area contributed by atoms with Gasteiger partial charge in [-0.1, -0.05) is 29.3 Å². The second-order valence-electron chi connectivity index (χ2n) is 5.84. The van der Waals surface area contributed by atoms with Gasteiger partial charge in [0.25, 0.3) is 5.69 Å². The predicted octanol–water partition coefficient (Wildman–Crippen LogP) is 5.15. The summed E-state index contributed by atoms with van der Waals surface area (Å²) in [6.07, 6.45) is 0. The van der Waals surface area contributed by atoms with Gasteiger partial charge in [0, 0.05) is 23.1 Å². The summed E-state index contributed by atoms with van der Waals surface area (Å²) in [7, 11) is 1.23. The van der Waals surface area contributed by atoms with Crippen LogP contribution in [0.3, 0.4) is 0 Å². The molecule has 0 aliphatic rings. The number of halogens is 2. The number of non-ortho nitro benzene ring substituents is 1. The van der Waals surface area contributed by atoms with Crippen LogP contribution in [0.15, 0.2) is 41.8 Å². The minimum absolute atomic E-state index is 0.0296. The maximum atomic E-state index is 12.3. The zero-order valence-corrected chi connectivity index (χ0v) is 17.0. The van der Waals surface area contributed by atoms with Gasteiger partial charge in [0.05, 0.1) is 38.8 Å². The van der Waals surface area contributed by atoms with Crippen molar-refractivity contribution in [3.63, 3.8) is 0 Å². The average molecular weight is 449 g/mol. The third-order valence-corrected chi connectivity index (χ3v) is 5.68. The van der Waals surface area contributed by atoms with Gasteiger partial charge in [-0.15, -0.1) is 11.3 Å². The SMILES string of the molecule is COC(=O)c1nc2cc([N+](=O)[O-])ccc2n1-c1nc(-c2ccc(Cl)c(Cl)c2)cs1. The summed E-state index contributed by atoms with van der Waals surface area (Å²) < 4.78 is 6.33. The van der Waals surface area contributed by atoms with Crippen molar-refractivity contribution in [2.75, 3.05) is 7.11 Å². The molecule has 8 nitrogen and oxygen atoms in total. The van der Waals surface area contributed by atoms with Crippen molar-refractivity contribution >= 4 is 57.2 Å². The van der Waals surface area contributed by atoms with E-state index in [1.807, 2.05) is 0 Å². The van der Waals surface area contributed by atoms with Crippen LogP contribution in [0.1, 0.15) is 10.6 Å². The molecule has 0 radical (unpaired) electrons. The molecule has 0 saturated carbocycles. The Labute approximate surface area is 177 Å². The van der Waals surface area contributed by atoms with E-state index in [2.05, 4.69) is 9.97 Å². The van der Waals surface area contributed by atoms with Gasteiger partial charge in [-0.25, -0.2) is 14.8 Å². The molecule has 0 N–H and O–H groups in total. The molecule has 0 atom stereocenters. The van der Waals surface area contributed by atoms with Crippen molar-refractivity contribution in [2.45, 2.75) is 0 Å². The Balaban J connectivity index is 1.88. The lowest BCUT2D eigenvalue weighted by molar-refractivity contribution is -0.384. The second-order valence-corrected chi connectivity index (χ2v) is 7.49. The Hall–Kier alpha value is -3.01. The van der Waals surface area contributed by atoms with E-state index >= 15 is 0 Å². The average Bonchev–Trinajstić information content (AvgIpc) is 3.33. The first-order valence-electron chi connectivity index (χ1n) is 8.05. The third kappa shape index (κ3) is 3.44. The number of carbonyl (C=O) groups excluding carboxylic acids is 1. The Bertz CT molecular complexity index is 1280. The number of thiazole rings is 1. The molecule has 0 bridgehead atoms. The highest BCUT2D eigenvalue weighted by Gasteiger charge is 2.23. The molecule has 2 aromatic heterocycles. The van der Waals surface area contributed by atoms with Gasteiger partial charge in [0.1, 0.15) is 0 Å². The van der Waals surface area contributed by atoms with Crippen molar-refractivity contribution in [1.82, 2.24) is 14.5 Å². The van der Waals surface area contributed by atoms with Crippen molar-refractivity contribution < 1.29 is 14.5 Å². The number of rotatable bonds is 4. The molecule has 146 valence electrons. The largest absolute Gasteiger partial charge is 0.463 e. The molecule has 0 spiro atoms. The molecule has 0 saturated heterocycles. The number of nitrogens with zero attached hydrogens (tertiary/aromatic N) is 4. The van der Waals surface area contributed by atoms with E-state index in [0.29, 0.717) is 26.4 Å². The van der Waals surface area contributed by atoms with Gasteiger partial charge >= 0.3 is 5.97 Å². The monoisotopic (exact) mass is 448 g/mol. The number of carbonyl (C=O) groups is 1.